The van der Waals surface area contributed by atoms with E-state index in [9.17, 15) is 9.59 Å². The molecule has 1 aromatic heterocycles. The third-order valence-electron chi connectivity index (χ3n) is 4.21. The summed E-state index contributed by atoms with van der Waals surface area (Å²) in [6.45, 7) is 1.92. The monoisotopic (exact) mass is 411 g/mol. The lowest BCUT2D eigenvalue weighted by Crippen LogP contribution is -2.33. The summed E-state index contributed by atoms with van der Waals surface area (Å²) in [6.07, 6.45) is 0. The molecule has 1 amide bonds. The molecule has 3 rings (SSSR count). The van der Waals surface area contributed by atoms with Gasteiger partial charge in [-0.25, -0.2) is 0 Å². The number of aromatic nitrogens is 1. The lowest BCUT2D eigenvalue weighted by atomic mass is 10.1. The summed E-state index contributed by atoms with van der Waals surface area (Å²) in [5, 5.41) is 12.7. The van der Waals surface area contributed by atoms with Crippen molar-refractivity contribution in [3.8, 4) is 11.8 Å². The molecule has 1 N–H and O–H groups in total. The van der Waals surface area contributed by atoms with Crippen LogP contribution in [0.4, 0.5) is 0 Å². The first kappa shape index (κ1) is 19.7. The lowest BCUT2D eigenvalue weighted by molar-refractivity contribution is 0.0949. The van der Waals surface area contributed by atoms with E-state index in [0.717, 1.165) is 0 Å². The molecule has 0 atom stereocenters. The van der Waals surface area contributed by atoms with Crippen LogP contribution < -0.4 is 10.9 Å². The summed E-state index contributed by atoms with van der Waals surface area (Å²) in [5.41, 5.74) is 1.83. The number of nitrogens with zero attached hydrogens (tertiary/aromatic N) is 2. The summed E-state index contributed by atoms with van der Waals surface area (Å²) in [7, 11) is 0. The molecule has 0 fully saturated rings. The highest BCUT2D eigenvalue weighted by atomic mass is 35.5. The molecule has 0 aliphatic rings. The molecule has 0 saturated carbocycles. The van der Waals surface area contributed by atoms with E-state index in [0.29, 0.717) is 32.6 Å². The molecule has 1 heterocycles. The Morgan fingerprint density at radius 2 is 1.93 bits per heavy atom. The summed E-state index contributed by atoms with van der Waals surface area (Å²) < 4.78 is 1.41. The van der Waals surface area contributed by atoms with Crippen molar-refractivity contribution in [3.63, 3.8) is 0 Å². The fourth-order valence-electron chi connectivity index (χ4n) is 2.77. The van der Waals surface area contributed by atoms with Crippen molar-refractivity contribution in [3.05, 3.63) is 97.4 Å². The molecule has 0 unspecified atom stereocenters. The topological polar surface area (TPSA) is 74.9 Å². The Bertz CT molecular complexity index is 1160. The van der Waals surface area contributed by atoms with Crippen LogP contribution in [0.2, 0.25) is 10.0 Å². The summed E-state index contributed by atoms with van der Waals surface area (Å²) in [4.78, 5) is 25.5. The van der Waals surface area contributed by atoms with Crippen LogP contribution in [0, 0.1) is 18.3 Å². The first-order valence-corrected chi connectivity index (χ1v) is 9.11. The number of halogens is 2. The zero-order valence-corrected chi connectivity index (χ0v) is 16.4. The molecule has 0 spiro atoms. The van der Waals surface area contributed by atoms with E-state index in [2.05, 4.69) is 5.32 Å². The second kappa shape index (κ2) is 8.30. The number of pyridine rings is 1. The van der Waals surface area contributed by atoms with Crippen LogP contribution in [-0.4, -0.2) is 10.5 Å². The Balaban J connectivity index is 1.91. The van der Waals surface area contributed by atoms with Crippen molar-refractivity contribution in [2.75, 3.05) is 0 Å². The molecule has 5 nitrogen and oxygen atoms in total. The second-order valence-electron chi connectivity index (χ2n) is 6.11. The predicted molar refractivity (Wildman–Crippen MR) is 109 cm³/mol. The SMILES string of the molecule is Cc1ccc(C(=O)NCc2ccc(Cl)cc2Cl)c(=O)n1-c1cccc(C#N)c1. The fraction of sp³-hybridized carbons (Fsp3) is 0.0952. The highest BCUT2D eigenvalue weighted by molar-refractivity contribution is 6.35. The van der Waals surface area contributed by atoms with E-state index in [1.54, 1.807) is 55.5 Å². The zero-order valence-electron chi connectivity index (χ0n) is 14.9. The molecule has 3 aromatic rings. The number of carbonyl (C=O) groups is 1. The van der Waals surface area contributed by atoms with E-state index >= 15 is 0 Å². The average molecular weight is 412 g/mol. The van der Waals surface area contributed by atoms with Gasteiger partial charge in [-0.1, -0.05) is 35.3 Å². The quantitative estimate of drug-likeness (QED) is 0.696. The molecule has 0 bridgehead atoms. The van der Waals surface area contributed by atoms with Gasteiger partial charge in [0.2, 0.25) is 0 Å². The van der Waals surface area contributed by atoms with E-state index in [-0.39, 0.29) is 12.1 Å². The Hall–Kier alpha value is -3.07. The van der Waals surface area contributed by atoms with Gasteiger partial charge in [-0.3, -0.25) is 14.2 Å². The number of rotatable bonds is 4. The number of carbonyl (C=O) groups excluding carboxylic acids is 1. The number of hydrogen-bond donors (Lipinski definition) is 1. The largest absolute Gasteiger partial charge is 0.348 e. The molecule has 0 aliphatic heterocycles. The van der Waals surface area contributed by atoms with E-state index in [1.165, 1.54) is 10.6 Å². The summed E-state index contributed by atoms with van der Waals surface area (Å²) in [5.74, 6) is -0.513. The van der Waals surface area contributed by atoms with Gasteiger partial charge in [0.05, 0.1) is 17.3 Å². The fourth-order valence-corrected chi connectivity index (χ4v) is 3.25. The number of nitrogens with one attached hydrogen (secondary N) is 1. The van der Waals surface area contributed by atoms with Gasteiger partial charge in [0.15, 0.2) is 0 Å². The van der Waals surface area contributed by atoms with Gasteiger partial charge in [0.25, 0.3) is 11.5 Å². The molecular weight excluding hydrogens is 397 g/mol. The summed E-state index contributed by atoms with van der Waals surface area (Å²) >= 11 is 12.0. The molecule has 7 heteroatoms. The lowest BCUT2D eigenvalue weighted by Gasteiger charge is -2.13. The van der Waals surface area contributed by atoms with Gasteiger partial charge in [0.1, 0.15) is 5.56 Å². The number of nitriles is 1. The van der Waals surface area contributed by atoms with Gasteiger partial charge < -0.3 is 5.32 Å². The number of hydrogen-bond acceptors (Lipinski definition) is 3. The van der Waals surface area contributed by atoms with Crippen molar-refractivity contribution >= 4 is 29.1 Å². The maximum Gasteiger partial charge on any atom is 0.268 e. The predicted octanol–water partition coefficient (Wildman–Crippen LogP) is 4.25. The standard InChI is InChI=1S/C21H15Cl2N3O2/c1-13-5-8-18(20(27)25-12-15-6-7-16(22)10-19(15)23)21(28)26(13)17-4-2-3-14(9-17)11-24/h2-10H,12H2,1H3,(H,25,27). The molecular formula is C21H15Cl2N3O2. The van der Waals surface area contributed by atoms with Crippen LogP contribution >= 0.6 is 23.2 Å². The Morgan fingerprint density at radius 1 is 1.14 bits per heavy atom. The minimum atomic E-state index is -0.513. The number of amides is 1. The van der Waals surface area contributed by atoms with Crippen LogP contribution in [0.3, 0.4) is 0 Å². The Morgan fingerprint density at radius 3 is 2.64 bits per heavy atom. The van der Waals surface area contributed by atoms with Crippen LogP contribution in [-0.2, 0) is 6.54 Å². The van der Waals surface area contributed by atoms with Gasteiger partial charge in [-0.2, -0.15) is 5.26 Å². The maximum absolute atomic E-state index is 12.9. The highest BCUT2D eigenvalue weighted by Gasteiger charge is 2.15. The van der Waals surface area contributed by atoms with Crippen LogP contribution in [0.1, 0.15) is 27.2 Å². The smallest absolute Gasteiger partial charge is 0.268 e. The number of aryl methyl sites for hydroxylation is 1. The third-order valence-corrected chi connectivity index (χ3v) is 4.80. The second-order valence-corrected chi connectivity index (χ2v) is 6.95. The van der Waals surface area contributed by atoms with E-state index in [1.807, 2.05) is 6.07 Å². The van der Waals surface area contributed by atoms with E-state index < -0.39 is 11.5 Å². The first-order valence-electron chi connectivity index (χ1n) is 8.36. The van der Waals surface area contributed by atoms with Crippen molar-refractivity contribution in [1.29, 1.82) is 5.26 Å². The van der Waals surface area contributed by atoms with Crippen molar-refractivity contribution in [2.24, 2.45) is 0 Å². The normalized spacial score (nSPS) is 10.4. The minimum absolute atomic E-state index is 0.00181. The third kappa shape index (κ3) is 4.09. The molecule has 0 radical (unpaired) electrons. The van der Waals surface area contributed by atoms with Gasteiger partial charge in [-0.15, -0.1) is 0 Å². The van der Waals surface area contributed by atoms with Gasteiger partial charge in [-0.05, 0) is 55.0 Å². The molecule has 28 heavy (non-hydrogen) atoms. The molecule has 140 valence electrons. The Labute approximate surface area is 171 Å². The van der Waals surface area contributed by atoms with Crippen molar-refractivity contribution < 1.29 is 4.79 Å². The van der Waals surface area contributed by atoms with Crippen molar-refractivity contribution in [1.82, 2.24) is 9.88 Å². The van der Waals surface area contributed by atoms with Crippen LogP contribution in [0.25, 0.3) is 5.69 Å². The zero-order chi connectivity index (χ0) is 20.3. The molecule has 0 aliphatic carbocycles. The first-order chi connectivity index (χ1) is 13.4. The minimum Gasteiger partial charge on any atom is -0.348 e. The van der Waals surface area contributed by atoms with E-state index in [4.69, 9.17) is 28.5 Å². The summed E-state index contributed by atoms with van der Waals surface area (Å²) in [6, 6.07) is 16.8. The van der Waals surface area contributed by atoms with Gasteiger partial charge >= 0.3 is 0 Å². The van der Waals surface area contributed by atoms with Crippen LogP contribution in [0.15, 0.2) is 59.4 Å². The number of benzene rings is 2. The average Bonchev–Trinajstić information content (AvgIpc) is 2.67. The Kier molecular flexibility index (Phi) is 5.84. The highest BCUT2D eigenvalue weighted by Crippen LogP contribution is 2.20. The maximum atomic E-state index is 12.9. The van der Waals surface area contributed by atoms with Crippen LogP contribution in [0.5, 0.6) is 0 Å². The van der Waals surface area contributed by atoms with Gasteiger partial charge in [0, 0.05) is 22.3 Å². The molecule has 0 saturated heterocycles. The molecule has 2 aromatic carbocycles. The van der Waals surface area contributed by atoms with Crippen molar-refractivity contribution in [2.45, 2.75) is 13.5 Å².